The number of allylic oxidation sites excluding steroid dienone is 1. The molecule has 0 amide bonds. The van der Waals surface area contributed by atoms with Crippen molar-refractivity contribution in [2.45, 2.75) is 51.4 Å². The van der Waals surface area contributed by atoms with Crippen LogP contribution < -0.4 is 0 Å². The lowest BCUT2D eigenvalue weighted by Crippen LogP contribution is -2.47. The molecule has 0 bridgehead atoms. The molecule has 1 unspecified atom stereocenters. The third-order valence-corrected chi connectivity index (χ3v) is 7.25. The number of nitrogens with zero attached hydrogens (tertiary/aromatic N) is 2. The van der Waals surface area contributed by atoms with Crippen molar-refractivity contribution in [3.05, 3.63) is 81.9 Å². The van der Waals surface area contributed by atoms with E-state index in [0.29, 0.717) is 50.0 Å². The summed E-state index contributed by atoms with van der Waals surface area (Å²) >= 11 is 0. The molecule has 4 rings (SSSR count). The fraction of sp³-hybridized carbons (Fsp3) is 0.448. The van der Waals surface area contributed by atoms with Crippen molar-refractivity contribution in [3.63, 3.8) is 0 Å². The highest BCUT2D eigenvalue weighted by molar-refractivity contribution is 5.65. The van der Waals surface area contributed by atoms with Crippen molar-refractivity contribution >= 4 is 11.6 Å². The summed E-state index contributed by atoms with van der Waals surface area (Å²) < 4.78 is 84.2. The summed E-state index contributed by atoms with van der Waals surface area (Å²) in [5.74, 6) is -1.75. The van der Waals surface area contributed by atoms with E-state index in [4.69, 9.17) is 0 Å². The van der Waals surface area contributed by atoms with Crippen LogP contribution >= 0.6 is 0 Å². The minimum atomic E-state index is -4.53. The highest BCUT2D eigenvalue weighted by atomic mass is 19.4. The first-order valence-electron chi connectivity index (χ1n) is 12.6. The average molecular weight is 523 g/mol. The summed E-state index contributed by atoms with van der Waals surface area (Å²) in [5.41, 5.74) is 3.92. The van der Waals surface area contributed by atoms with E-state index in [0.717, 1.165) is 27.2 Å². The Kier molecular flexibility index (Phi) is 8.19. The lowest BCUT2D eigenvalue weighted by molar-refractivity contribution is -0.155. The van der Waals surface area contributed by atoms with Crippen LogP contribution in [0.4, 0.5) is 26.3 Å². The second kappa shape index (κ2) is 11.0. The first kappa shape index (κ1) is 27.5. The molecule has 0 spiro atoms. The van der Waals surface area contributed by atoms with E-state index >= 15 is 8.78 Å². The fourth-order valence-electron chi connectivity index (χ4n) is 5.36. The van der Waals surface area contributed by atoms with Gasteiger partial charge >= 0.3 is 6.18 Å². The van der Waals surface area contributed by atoms with Crippen molar-refractivity contribution in [2.24, 2.45) is 0 Å². The smallest absolute Gasteiger partial charge is 0.295 e. The summed E-state index contributed by atoms with van der Waals surface area (Å²) in [5, 5.41) is 0. The van der Waals surface area contributed by atoms with E-state index in [9.17, 15) is 17.6 Å². The number of hydrogen-bond acceptors (Lipinski definition) is 2. The van der Waals surface area contributed by atoms with Gasteiger partial charge < -0.3 is 0 Å². The van der Waals surface area contributed by atoms with Crippen molar-refractivity contribution < 1.29 is 26.3 Å². The van der Waals surface area contributed by atoms with Crippen LogP contribution in [0, 0.1) is 11.6 Å². The molecule has 2 aromatic carbocycles. The summed E-state index contributed by atoms with van der Waals surface area (Å²) in [6.07, 6.45) is -1.36. The van der Waals surface area contributed by atoms with Gasteiger partial charge in [0.25, 0.3) is 0 Å². The summed E-state index contributed by atoms with van der Waals surface area (Å²) in [7, 11) is 0. The van der Waals surface area contributed by atoms with Crippen molar-refractivity contribution in [2.75, 3.05) is 32.9 Å². The molecule has 1 saturated heterocycles. The minimum absolute atomic E-state index is 0.319. The Balaban J connectivity index is 1.72. The molecule has 2 heterocycles. The van der Waals surface area contributed by atoms with Gasteiger partial charge in [0.2, 0.25) is 0 Å². The molecule has 37 heavy (non-hydrogen) atoms. The maximum Gasteiger partial charge on any atom is 0.401 e. The second-order valence-corrected chi connectivity index (χ2v) is 10.1. The van der Waals surface area contributed by atoms with E-state index in [1.54, 1.807) is 25.1 Å². The number of benzene rings is 2. The predicted octanol–water partition coefficient (Wildman–Crippen LogP) is 7.34. The van der Waals surface area contributed by atoms with Gasteiger partial charge in [-0.1, -0.05) is 37.8 Å². The van der Waals surface area contributed by atoms with Gasteiger partial charge in [0, 0.05) is 31.2 Å². The van der Waals surface area contributed by atoms with E-state index in [2.05, 4.69) is 6.58 Å². The number of halogens is 6. The molecule has 2 aliphatic rings. The first-order chi connectivity index (χ1) is 17.5. The molecular formula is C29H32F6N2. The molecule has 8 heteroatoms. The summed E-state index contributed by atoms with van der Waals surface area (Å²) in [6, 6.07) is 5.90. The van der Waals surface area contributed by atoms with Crippen LogP contribution in [0.15, 0.2) is 42.5 Å². The molecule has 0 aliphatic carbocycles. The number of alkyl halides is 4. The monoisotopic (exact) mass is 522 g/mol. The number of likely N-dealkylation sites (tertiary alicyclic amines) is 1. The lowest BCUT2D eigenvalue weighted by atomic mass is 9.82. The third kappa shape index (κ3) is 6.12. The predicted molar refractivity (Wildman–Crippen MR) is 135 cm³/mol. The number of fused-ring (bicyclic) bond motifs is 1. The maximum atomic E-state index is 15.6. The Morgan fingerprint density at radius 3 is 2.38 bits per heavy atom. The third-order valence-electron chi connectivity index (χ3n) is 7.25. The Bertz CT molecular complexity index is 1150. The topological polar surface area (TPSA) is 6.48 Å². The highest BCUT2D eigenvalue weighted by Gasteiger charge is 2.42. The van der Waals surface area contributed by atoms with Crippen LogP contribution in [0.25, 0.3) is 11.6 Å². The molecule has 2 nitrogen and oxygen atoms in total. The zero-order chi connectivity index (χ0) is 26.9. The Morgan fingerprint density at radius 2 is 1.78 bits per heavy atom. The quantitative estimate of drug-likeness (QED) is 0.335. The van der Waals surface area contributed by atoms with Crippen LogP contribution in [0.1, 0.15) is 60.5 Å². The molecule has 1 fully saturated rings. The summed E-state index contributed by atoms with van der Waals surface area (Å²) in [6.45, 7) is 7.81. The molecule has 200 valence electrons. The zero-order valence-electron chi connectivity index (χ0n) is 21.1. The molecule has 0 aromatic heterocycles. The van der Waals surface area contributed by atoms with Gasteiger partial charge in [-0.3, -0.25) is 14.2 Å². The molecule has 2 aromatic rings. The summed E-state index contributed by atoms with van der Waals surface area (Å²) in [4.78, 5) is 3.17. The van der Waals surface area contributed by atoms with Crippen LogP contribution in [-0.4, -0.2) is 54.9 Å². The molecule has 2 atom stereocenters. The van der Waals surface area contributed by atoms with Gasteiger partial charge in [0.15, 0.2) is 0 Å². The SMILES string of the molecule is C=C(CC)c1ccc2c(c1)C[C@@H](C)N(CC(F)(F)F)C2c1c(F)cc(C=C2CN(CCCF)C2)cc1F. The number of hydrogen-bond donors (Lipinski definition) is 0. The molecule has 0 saturated carbocycles. The normalized spacial score (nSPS) is 20.5. The van der Waals surface area contributed by atoms with Gasteiger partial charge in [0.1, 0.15) is 11.6 Å². The van der Waals surface area contributed by atoms with E-state index < -0.39 is 43.1 Å². The zero-order valence-corrected chi connectivity index (χ0v) is 21.1. The van der Waals surface area contributed by atoms with Crippen molar-refractivity contribution in [1.29, 1.82) is 0 Å². The van der Waals surface area contributed by atoms with Gasteiger partial charge in [-0.2, -0.15) is 13.2 Å². The van der Waals surface area contributed by atoms with Crippen molar-refractivity contribution in [1.82, 2.24) is 9.80 Å². The van der Waals surface area contributed by atoms with Gasteiger partial charge in [-0.25, -0.2) is 8.78 Å². The van der Waals surface area contributed by atoms with Gasteiger partial charge in [0.05, 0.1) is 19.3 Å². The van der Waals surface area contributed by atoms with Gasteiger partial charge in [-0.15, -0.1) is 0 Å². The highest BCUT2D eigenvalue weighted by Crippen LogP contribution is 2.42. The largest absolute Gasteiger partial charge is 0.401 e. The molecule has 0 N–H and O–H groups in total. The molecular weight excluding hydrogens is 490 g/mol. The minimum Gasteiger partial charge on any atom is -0.295 e. The van der Waals surface area contributed by atoms with E-state index in [1.807, 2.05) is 17.9 Å². The van der Waals surface area contributed by atoms with E-state index in [-0.39, 0.29) is 5.56 Å². The Hall–Kier alpha value is -2.58. The van der Waals surface area contributed by atoms with Gasteiger partial charge in [-0.05, 0) is 71.7 Å². The Labute approximate surface area is 214 Å². The lowest BCUT2D eigenvalue weighted by Gasteiger charge is -2.43. The number of rotatable bonds is 8. The Morgan fingerprint density at radius 1 is 1.11 bits per heavy atom. The van der Waals surface area contributed by atoms with Crippen molar-refractivity contribution in [3.8, 4) is 0 Å². The second-order valence-electron chi connectivity index (χ2n) is 10.1. The first-order valence-corrected chi connectivity index (χ1v) is 12.6. The van der Waals surface area contributed by atoms with Crippen LogP contribution in [0.2, 0.25) is 0 Å². The average Bonchev–Trinajstić information content (AvgIpc) is 2.80. The molecule has 2 aliphatic heterocycles. The molecule has 0 radical (unpaired) electrons. The van der Waals surface area contributed by atoms with Crippen LogP contribution in [0.5, 0.6) is 0 Å². The van der Waals surface area contributed by atoms with Crippen LogP contribution in [0.3, 0.4) is 0 Å². The van der Waals surface area contributed by atoms with Crippen LogP contribution in [-0.2, 0) is 6.42 Å². The maximum absolute atomic E-state index is 15.6. The fourth-order valence-corrected chi connectivity index (χ4v) is 5.36. The standard InChI is InChI=1S/C29H32F6N2/c1-4-18(2)22-6-7-24-23(14-22)10-19(3)37(17-29(33,34)35)28(24)27-25(31)12-20(13-26(27)32)11-21-15-36(16-21)9-5-8-30/h6-7,11-14,19,28H,2,4-5,8-10,15-17H2,1,3H3/t19-,28?/m1/s1. The van der Waals surface area contributed by atoms with E-state index in [1.165, 1.54) is 12.1 Å².